The van der Waals surface area contributed by atoms with Crippen LogP contribution in [-0.4, -0.2) is 25.2 Å². The van der Waals surface area contributed by atoms with Crippen molar-refractivity contribution in [1.82, 2.24) is 0 Å². The Morgan fingerprint density at radius 2 is 2.38 bits per heavy atom. The van der Waals surface area contributed by atoms with Crippen molar-refractivity contribution in [3.05, 3.63) is 33.9 Å². The summed E-state index contributed by atoms with van der Waals surface area (Å²) in [5.74, 6) is 0. The highest BCUT2D eigenvalue weighted by molar-refractivity contribution is 5.63. The van der Waals surface area contributed by atoms with Gasteiger partial charge in [-0.2, -0.15) is 5.26 Å². The number of nitro groups is 1. The van der Waals surface area contributed by atoms with Crippen LogP contribution in [0.15, 0.2) is 18.2 Å². The molecule has 1 rings (SSSR count). The highest BCUT2D eigenvalue weighted by Gasteiger charge is 2.13. The number of methoxy groups -OCH3 is 1. The minimum atomic E-state index is -0.518. The predicted octanol–water partition coefficient (Wildman–Crippen LogP) is 1.52. The van der Waals surface area contributed by atoms with Crippen molar-refractivity contribution in [2.45, 2.75) is 0 Å². The monoisotopic (exact) mass is 221 g/mol. The number of nitro benzene ring substituents is 1. The number of nitrogens with one attached hydrogen (secondary N) is 1. The van der Waals surface area contributed by atoms with Gasteiger partial charge in [-0.3, -0.25) is 10.1 Å². The lowest BCUT2D eigenvalue weighted by molar-refractivity contribution is -0.384. The zero-order valence-electron chi connectivity index (χ0n) is 8.77. The summed E-state index contributed by atoms with van der Waals surface area (Å²) >= 11 is 0. The molecule has 0 bridgehead atoms. The average Bonchev–Trinajstić information content (AvgIpc) is 2.29. The number of nitrogens with zero attached hydrogens (tertiary/aromatic N) is 2. The molecule has 0 atom stereocenters. The third-order valence-corrected chi connectivity index (χ3v) is 1.95. The fourth-order valence-corrected chi connectivity index (χ4v) is 1.19. The lowest BCUT2D eigenvalue weighted by Crippen LogP contribution is -2.09. The Morgan fingerprint density at radius 3 is 2.94 bits per heavy atom. The second-order valence-corrected chi connectivity index (χ2v) is 3.02. The van der Waals surface area contributed by atoms with Gasteiger partial charge in [0.25, 0.3) is 5.69 Å². The zero-order chi connectivity index (χ0) is 12.0. The van der Waals surface area contributed by atoms with Crippen LogP contribution in [0.1, 0.15) is 5.56 Å². The Morgan fingerprint density at radius 1 is 1.62 bits per heavy atom. The van der Waals surface area contributed by atoms with Crippen LogP contribution >= 0.6 is 0 Å². The second-order valence-electron chi connectivity index (χ2n) is 3.02. The van der Waals surface area contributed by atoms with E-state index in [9.17, 15) is 10.1 Å². The molecule has 0 saturated heterocycles. The SMILES string of the molecule is COCCNc1ccc(C#N)cc1[N+](=O)[O-]. The molecule has 0 fully saturated rings. The number of hydrogen-bond acceptors (Lipinski definition) is 5. The van der Waals surface area contributed by atoms with Gasteiger partial charge in [-0.15, -0.1) is 0 Å². The van der Waals surface area contributed by atoms with Gasteiger partial charge in [-0.1, -0.05) is 0 Å². The van der Waals surface area contributed by atoms with E-state index in [-0.39, 0.29) is 11.3 Å². The number of hydrogen-bond donors (Lipinski definition) is 1. The van der Waals surface area contributed by atoms with Crippen LogP contribution in [0.25, 0.3) is 0 Å². The fraction of sp³-hybridized carbons (Fsp3) is 0.300. The van der Waals surface area contributed by atoms with Crippen LogP contribution in [0.2, 0.25) is 0 Å². The molecule has 0 aliphatic rings. The average molecular weight is 221 g/mol. The van der Waals surface area contributed by atoms with E-state index in [0.717, 1.165) is 0 Å². The van der Waals surface area contributed by atoms with Crippen molar-refractivity contribution >= 4 is 11.4 Å². The highest BCUT2D eigenvalue weighted by Crippen LogP contribution is 2.24. The van der Waals surface area contributed by atoms with E-state index >= 15 is 0 Å². The molecule has 0 unspecified atom stereocenters. The minimum Gasteiger partial charge on any atom is -0.383 e. The molecule has 0 heterocycles. The summed E-state index contributed by atoms with van der Waals surface area (Å²) < 4.78 is 4.82. The normalized spacial score (nSPS) is 9.50. The van der Waals surface area contributed by atoms with E-state index in [1.54, 1.807) is 7.11 Å². The van der Waals surface area contributed by atoms with Gasteiger partial charge in [0, 0.05) is 19.7 Å². The Hall–Kier alpha value is -2.13. The number of benzene rings is 1. The third-order valence-electron chi connectivity index (χ3n) is 1.95. The smallest absolute Gasteiger partial charge is 0.293 e. The maximum Gasteiger partial charge on any atom is 0.293 e. The largest absolute Gasteiger partial charge is 0.383 e. The van der Waals surface area contributed by atoms with E-state index in [2.05, 4.69) is 5.32 Å². The maximum atomic E-state index is 10.7. The van der Waals surface area contributed by atoms with Crippen LogP contribution in [0, 0.1) is 21.4 Å². The van der Waals surface area contributed by atoms with Crippen LogP contribution in [0.5, 0.6) is 0 Å². The van der Waals surface area contributed by atoms with Crippen LogP contribution in [-0.2, 0) is 4.74 Å². The summed E-state index contributed by atoms with van der Waals surface area (Å²) in [7, 11) is 1.55. The van der Waals surface area contributed by atoms with Crippen molar-refractivity contribution in [3.8, 4) is 6.07 Å². The molecule has 0 aromatic heterocycles. The lowest BCUT2D eigenvalue weighted by atomic mass is 10.2. The zero-order valence-corrected chi connectivity index (χ0v) is 8.77. The minimum absolute atomic E-state index is 0.102. The van der Waals surface area contributed by atoms with Crippen molar-refractivity contribution in [1.29, 1.82) is 5.26 Å². The first-order valence-corrected chi connectivity index (χ1v) is 4.60. The van der Waals surface area contributed by atoms with Gasteiger partial charge in [0.15, 0.2) is 0 Å². The van der Waals surface area contributed by atoms with Gasteiger partial charge in [0.05, 0.1) is 23.2 Å². The molecule has 16 heavy (non-hydrogen) atoms. The molecule has 1 aromatic rings. The van der Waals surface area contributed by atoms with Gasteiger partial charge in [-0.25, -0.2) is 0 Å². The fourth-order valence-electron chi connectivity index (χ4n) is 1.19. The van der Waals surface area contributed by atoms with Crippen molar-refractivity contribution in [3.63, 3.8) is 0 Å². The van der Waals surface area contributed by atoms with E-state index in [4.69, 9.17) is 10.00 Å². The number of ether oxygens (including phenoxy) is 1. The van der Waals surface area contributed by atoms with Gasteiger partial charge in [0.2, 0.25) is 0 Å². The third kappa shape index (κ3) is 2.93. The topological polar surface area (TPSA) is 88.2 Å². The number of anilines is 1. The highest BCUT2D eigenvalue weighted by atomic mass is 16.6. The molecule has 6 heteroatoms. The molecule has 0 spiro atoms. The first-order chi connectivity index (χ1) is 7.69. The van der Waals surface area contributed by atoms with Crippen molar-refractivity contribution in [2.75, 3.05) is 25.6 Å². The number of nitriles is 1. The van der Waals surface area contributed by atoms with Crippen molar-refractivity contribution in [2.24, 2.45) is 0 Å². The summed E-state index contributed by atoms with van der Waals surface area (Å²) in [6.07, 6.45) is 0. The Bertz CT molecular complexity index is 426. The van der Waals surface area contributed by atoms with Crippen molar-refractivity contribution < 1.29 is 9.66 Å². The Kier molecular flexibility index (Phi) is 4.24. The van der Waals surface area contributed by atoms with Gasteiger partial charge in [-0.05, 0) is 12.1 Å². The van der Waals surface area contributed by atoms with Gasteiger partial charge >= 0.3 is 0 Å². The van der Waals surface area contributed by atoms with Crippen LogP contribution in [0.4, 0.5) is 11.4 Å². The van der Waals surface area contributed by atoms with Gasteiger partial charge in [0.1, 0.15) is 5.69 Å². The first kappa shape index (κ1) is 11.9. The summed E-state index contributed by atoms with van der Waals surface area (Å²) in [5, 5.41) is 22.3. The van der Waals surface area contributed by atoms with Crippen LogP contribution in [0.3, 0.4) is 0 Å². The summed E-state index contributed by atoms with van der Waals surface area (Å²) in [6, 6.07) is 6.16. The molecule has 0 amide bonds. The van der Waals surface area contributed by atoms with E-state index in [1.807, 2.05) is 6.07 Å². The molecule has 0 aliphatic heterocycles. The summed E-state index contributed by atoms with van der Waals surface area (Å²) in [4.78, 5) is 10.2. The molecule has 1 N–H and O–H groups in total. The Labute approximate surface area is 92.6 Å². The molecule has 84 valence electrons. The van der Waals surface area contributed by atoms with E-state index in [1.165, 1.54) is 18.2 Å². The quantitative estimate of drug-likeness (QED) is 0.462. The maximum absolute atomic E-state index is 10.7. The lowest BCUT2D eigenvalue weighted by Gasteiger charge is -2.06. The molecular weight excluding hydrogens is 210 g/mol. The Balaban J connectivity index is 2.91. The first-order valence-electron chi connectivity index (χ1n) is 4.60. The molecule has 0 radical (unpaired) electrons. The molecule has 0 aliphatic carbocycles. The van der Waals surface area contributed by atoms with E-state index in [0.29, 0.717) is 18.8 Å². The van der Waals surface area contributed by atoms with Gasteiger partial charge < -0.3 is 10.1 Å². The number of rotatable bonds is 5. The van der Waals surface area contributed by atoms with Crippen LogP contribution < -0.4 is 5.32 Å². The molecule has 1 aromatic carbocycles. The molecule has 6 nitrogen and oxygen atoms in total. The predicted molar refractivity (Wildman–Crippen MR) is 58.2 cm³/mol. The standard InChI is InChI=1S/C10H11N3O3/c1-16-5-4-12-9-3-2-8(7-11)6-10(9)13(14)15/h2-3,6,12H,4-5H2,1H3. The molecule has 0 saturated carbocycles. The van der Waals surface area contributed by atoms with E-state index < -0.39 is 4.92 Å². The second kappa shape index (κ2) is 5.68. The molecular formula is C10H11N3O3. The summed E-state index contributed by atoms with van der Waals surface area (Å²) in [5.41, 5.74) is 0.556. The summed E-state index contributed by atoms with van der Waals surface area (Å²) in [6.45, 7) is 0.931.